The summed E-state index contributed by atoms with van der Waals surface area (Å²) >= 11 is 0. The molecule has 0 aromatic rings. The lowest BCUT2D eigenvalue weighted by molar-refractivity contribution is -0.148. The van der Waals surface area contributed by atoms with E-state index in [9.17, 15) is 9.90 Å². The van der Waals surface area contributed by atoms with Crippen LogP contribution in [0.1, 0.15) is 0 Å². The Morgan fingerprint density at radius 2 is 2.17 bits per heavy atom. The average Bonchev–Trinajstić information content (AvgIpc) is 2.04. The molecule has 0 bridgehead atoms. The molecule has 0 spiro atoms. The van der Waals surface area contributed by atoms with E-state index in [-0.39, 0.29) is 19.1 Å². The summed E-state index contributed by atoms with van der Waals surface area (Å²) in [7, 11) is 0. The van der Waals surface area contributed by atoms with Crippen LogP contribution in [0.25, 0.3) is 0 Å². The quantitative estimate of drug-likeness (QED) is 0.400. The van der Waals surface area contributed by atoms with E-state index in [4.69, 9.17) is 10.2 Å². The standard InChI is InChI=1S/C7H13NO4/c9-3-4-1-8-2-5(6(4)10)7(11)12/h4-6,8-10H,1-3H2,(H,11,12)/t4-,5-,6-/m1/s1. The van der Waals surface area contributed by atoms with Crippen LogP contribution in [-0.4, -0.2) is 47.1 Å². The van der Waals surface area contributed by atoms with E-state index >= 15 is 0 Å². The third-order valence-corrected chi connectivity index (χ3v) is 2.22. The Labute approximate surface area is 70.0 Å². The van der Waals surface area contributed by atoms with Crippen molar-refractivity contribution in [3.63, 3.8) is 0 Å². The van der Waals surface area contributed by atoms with Gasteiger partial charge in [0, 0.05) is 25.6 Å². The van der Waals surface area contributed by atoms with Gasteiger partial charge in [-0.2, -0.15) is 0 Å². The topological polar surface area (TPSA) is 89.8 Å². The third kappa shape index (κ3) is 1.74. The third-order valence-electron chi connectivity index (χ3n) is 2.22. The Bertz CT molecular complexity index is 173. The predicted octanol–water partition coefficient (Wildman–Crippen LogP) is -1.74. The van der Waals surface area contributed by atoms with E-state index in [2.05, 4.69) is 5.32 Å². The Hall–Kier alpha value is -0.650. The van der Waals surface area contributed by atoms with Crippen LogP contribution >= 0.6 is 0 Å². The highest BCUT2D eigenvalue weighted by molar-refractivity contribution is 5.71. The van der Waals surface area contributed by atoms with Crippen LogP contribution in [0.4, 0.5) is 0 Å². The van der Waals surface area contributed by atoms with Crippen LogP contribution in [0.2, 0.25) is 0 Å². The maximum absolute atomic E-state index is 10.5. The van der Waals surface area contributed by atoms with Crippen LogP contribution in [-0.2, 0) is 4.79 Å². The lowest BCUT2D eigenvalue weighted by Gasteiger charge is -2.31. The van der Waals surface area contributed by atoms with Crippen molar-refractivity contribution < 1.29 is 20.1 Å². The number of hydrogen-bond acceptors (Lipinski definition) is 4. The van der Waals surface area contributed by atoms with Crippen LogP contribution in [0.5, 0.6) is 0 Å². The zero-order chi connectivity index (χ0) is 9.14. The molecule has 0 aromatic heterocycles. The van der Waals surface area contributed by atoms with Crippen molar-refractivity contribution in [3.05, 3.63) is 0 Å². The lowest BCUT2D eigenvalue weighted by Crippen LogP contribution is -2.51. The number of carbonyl (C=O) groups is 1. The molecule has 5 heteroatoms. The van der Waals surface area contributed by atoms with E-state index in [0.29, 0.717) is 6.54 Å². The number of carboxylic acid groups (broad SMARTS) is 1. The molecule has 1 aliphatic heterocycles. The van der Waals surface area contributed by atoms with Gasteiger partial charge < -0.3 is 20.6 Å². The Morgan fingerprint density at radius 1 is 1.50 bits per heavy atom. The number of aliphatic hydroxyl groups excluding tert-OH is 2. The molecule has 0 aromatic carbocycles. The SMILES string of the molecule is O=C(O)[C@@H]1CNC[C@H](CO)[C@H]1O. The number of nitrogens with one attached hydrogen (secondary N) is 1. The first-order chi connectivity index (χ1) is 5.66. The second-order valence-corrected chi connectivity index (χ2v) is 3.04. The second kappa shape index (κ2) is 3.84. The fraction of sp³-hybridized carbons (Fsp3) is 0.857. The van der Waals surface area contributed by atoms with Crippen molar-refractivity contribution >= 4 is 5.97 Å². The number of hydrogen-bond donors (Lipinski definition) is 4. The molecule has 70 valence electrons. The molecule has 3 atom stereocenters. The molecule has 1 fully saturated rings. The highest BCUT2D eigenvalue weighted by Crippen LogP contribution is 2.16. The van der Waals surface area contributed by atoms with E-state index in [1.54, 1.807) is 0 Å². The number of aliphatic hydroxyl groups is 2. The molecular weight excluding hydrogens is 162 g/mol. The monoisotopic (exact) mass is 175 g/mol. The summed E-state index contributed by atoms with van der Waals surface area (Å²) in [6.45, 7) is 0.562. The molecule has 0 radical (unpaired) electrons. The molecule has 0 saturated carbocycles. The molecule has 1 rings (SSSR count). The maximum atomic E-state index is 10.5. The Balaban J connectivity index is 2.59. The van der Waals surface area contributed by atoms with Crippen molar-refractivity contribution in [2.75, 3.05) is 19.7 Å². The zero-order valence-electron chi connectivity index (χ0n) is 6.60. The molecule has 1 heterocycles. The minimum atomic E-state index is -1.02. The first kappa shape index (κ1) is 9.44. The van der Waals surface area contributed by atoms with Gasteiger partial charge in [-0.25, -0.2) is 0 Å². The van der Waals surface area contributed by atoms with Crippen LogP contribution in [0.3, 0.4) is 0 Å². The van der Waals surface area contributed by atoms with Gasteiger partial charge in [-0.15, -0.1) is 0 Å². The number of aliphatic carboxylic acids is 1. The maximum Gasteiger partial charge on any atom is 0.310 e. The lowest BCUT2D eigenvalue weighted by atomic mass is 9.88. The summed E-state index contributed by atoms with van der Waals surface area (Å²) in [5, 5.41) is 29.7. The van der Waals surface area contributed by atoms with Crippen LogP contribution in [0, 0.1) is 11.8 Å². The van der Waals surface area contributed by atoms with Gasteiger partial charge in [-0.05, 0) is 0 Å². The average molecular weight is 175 g/mol. The van der Waals surface area contributed by atoms with Gasteiger partial charge in [0.2, 0.25) is 0 Å². The predicted molar refractivity (Wildman–Crippen MR) is 40.6 cm³/mol. The molecule has 1 saturated heterocycles. The van der Waals surface area contributed by atoms with Crippen LogP contribution in [0.15, 0.2) is 0 Å². The molecular formula is C7H13NO4. The van der Waals surface area contributed by atoms with Gasteiger partial charge in [-0.1, -0.05) is 0 Å². The fourth-order valence-electron chi connectivity index (χ4n) is 1.40. The van der Waals surface area contributed by atoms with Crippen molar-refractivity contribution in [1.29, 1.82) is 0 Å². The van der Waals surface area contributed by atoms with E-state index < -0.39 is 18.0 Å². The van der Waals surface area contributed by atoms with Gasteiger partial charge in [0.15, 0.2) is 0 Å². The molecule has 0 aliphatic carbocycles. The van der Waals surface area contributed by atoms with Gasteiger partial charge in [0.25, 0.3) is 0 Å². The number of piperidine rings is 1. The van der Waals surface area contributed by atoms with Crippen LogP contribution < -0.4 is 5.32 Å². The smallest absolute Gasteiger partial charge is 0.310 e. The fourth-order valence-corrected chi connectivity index (χ4v) is 1.40. The van der Waals surface area contributed by atoms with Crippen molar-refractivity contribution in [2.45, 2.75) is 6.10 Å². The normalized spacial score (nSPS) is 36.3. The first-order valence-corrected chi connectivity index (χ1v) is 3.89. The summed E-state index contributed by atoms with van der Waals surface area (Å²) in [5.74, 6) is -2.18. The van der Waals surface area contributed by atoms with E-state index in [1.165, 1.54) is 0 Å². The minimum absolute atomic E-state index is 0.183. The van der Waals surface area contributed by atoms with Gasteiger partial charge >= 0.3 is 5.97 Å². The Morgan fingerprint density at radius 3 is 2.67 bits per heavy atom. The van der Waals surface area contributed by atoms with Crippen molar-refractivity contribution in [3.8, 4) is 0 Å². The summed E-state index contributed by atoms with van der Waals surface area (Å²) in [4.78, 5) is 10.5. The molecule has 0 unspecified atom stereocenters. The Kier molecular flexibility index (Phi) is 3.02. The highest BCUT2D eigenvalue weighted by Gasteiger charge is 2.35. The van der Waals surface area contributed by atoms with Gasteiger partial charge in [0.1, 0.15) is 0 Å². The molecule has 1 aliphatic rings. The number of rotatable bonds is 2. The summed E-state index contributed by atoms with van der Waals surface area (Å²) in [6, 6.07) is 0. The van der Waals surface area contributed by atoms with E-state index in [0.717, 1.165) is 0 Å². The van der Waals surface area contributed by atoms with Crippen molar-refractivity contribution in [1.82, 2.24) is 5.32 Å². The van der Waals surface area contributed by atoms with E-state index in [1.807, 2.05) is 0 Å². The summed E-state index contributed by atoms with van der Waals surface area (Å²) < 4.78 is 0. The first-order valence-electron chi connectivity index (χ1n) is 3.89. The minimum Gasteiger partial charge on any atom is -0.481 e. The molecule has 4 N–H and O–H groups in total. The molecule has 5 nitrogen and oxygen atoms in total. The number of carboxylic acids is 1. The summed E-state index contributed by atoms with van der Waals surface area (Å²) in [5.41, 5.74) is 0. The molecule has 12 heavy (non-hydrogen) atoms. The summed E-state index contributed by atoms with van der Waals surface area (Å²) in [6.07, 6.45) is -0.936. The zero-order valence-corrected chi connectivity index (χ0v) is 6.60. The van der Waals surface area contributed by atoms with Gasteiger partial charge in [0.05, 0.1) is 12.0 Å². The van der Waals surface area contributed by atoms with Crippen molar-refractivity contribution in [2.24, 2.45) is 11.8 Å². The second-order valence-electron chi connectivity index (χ2n) is 3.04. The largest absolute Gasteiger partial charge is 0.481 e. The van der Waals surface area contributed by atoms with Gasteiger partial charge in [-0.3, -0.25) is 4.79 Å². The molecule has 0 amide bonds. The highest BCUT2D eigenvalue weighted by atomic mass is 16.4.